The van der Waals surface area contributed by atoms with Crippen LogP contribution in [-0.4, -0.2) is 54.8 Å². The highest BCUT2D eigenvalue weighted by Gasteiger charge is 2.34. The maximum absolute atomic E-state index is 13.4. The molecule has 1 heterocycles. The first-order valence-corrected chi connectivity index (χ1v) is 13.0. The minimum absolute atomic E-state index is 0.0563. The van der Waals surface area contributed by atoms with Gasteiger partial charge < -0.3 is 4.90 Å². The Labute approximate surface area is 190 Å². The lowest BCUT2D eigenvalue weighted by atomic mass is 9.93. The van der Waals surface area contributed by atoms with Crippen LogP contribution < -0.4 is 0 Å². The van der Waals surface area contributed by atoms with Gasteiger partial charge in [-0.2, -0.15) is 0 Å². The summed E-state index contributed by atoms with van der Waals surface area (Å²) >= 11 is 0. The van der Waals surface area contributed by atoms with Crippen molar-refractivity contribution in [1.29, 1.82) is 0 Å². The van der Waals surface area contributed by atoms with Crippen LogP contribution in [0.3, 0.4) is 0 Å². The summed E-state index contributed by atoms with van der Waals surface area (Å²) in [7, 11) is -3.70. The van der Waals surface area contributed by atoms with E-state index in [2.05, 4.69) is 12.1 Å². The molecule has 0 atom stereocenters. The molecule has 170 valence electrons. The number of likely N-dealkylation sites (tertiary alicyclic amines) is 1. The fourth-order valence-electron chi connectivity index (χ4n) is 4.89. The number of benzene rings is 2. The van der Waals surface area contributed by atoms with Crippen molar-refractivity contribution in [3.8, 4) is 11.1 Å². The molecule has 0 aromatic heterocycles. The van der Waals surface area contributed by atoms with Gasteiger partial charge in [0.05, 0.1) is 5.75 Å². The van der Waals surface area contributed by atoms with E-state index in [9.17, 15) is 18.0 Å². The molecule has 2 aliphatic rings. The molecule has 2 aromatic rings. The van der Waals surface area contributed by atoms with Crippen LogP contribution in [0.15, 0.2) is 48.5 Å². The minimum atomic E-state index is -3.70. The van der Waals surface area contributed by atoms with Gasteiger partial charge in [-0.25, -0.2) is 12.7 Å². The molecule has 1 aliphatic heterocycles. The quantitative estimate of drug-likeness (QED) is 0.578. The number of amides is 2. The number of hydrogen-bond donors (Lipinski definition) is 0. The first-order valence-electron chi connectivity index (χ1n) is 11.4. The molecule has 0 N–H and O–H groups in total. The Morgan fingerprint density at radius 2 is 1.69 bits per heavy atom. The molecule has 0 saturated carbocycles. The topological polar surface area (TPSA) is 74.8 Å². The summed E-state index contributed by atoms with van der Waals surface area (Å²) in [5.41, 5.74) is 4.35. The molecule has 6 nitrogen and oxygen atoms in total. The van der Waals surface area contributed by atoms with Gasteiger partial charge in [0.15, 0.2) is 0 Å². The molecule has 0 radical (unpaired) electrons. The van der Waals surface area contributed by atoms with Gasteiger partial charge in [-0.3, -0.25) is 9.59 Å². The van der Waals surface area contributed by atoms with E-state index in [1.54, 1.807) is 11.8 Å². The van der Waals surface area contributed by atoms with E-state index < -0.39 is 10.0 Å². The van der Waals surface area contributed by atoms with Gasteiger partial charge in [0.2, 0.25) is 21.8 Å². The van der Waals surface area contributed by atoms with Gasteiger partial charge >= 0.3 is 0 Å². The zero-order valence-electron chi connectivity index (χ0n) is 18.5. The lowest BCUT2D eigenvalue weighted by molar-refractivity contribution is -0.127. The molecule has 0 bridgehead atoms. The van der Waals surface area contributed by atoms with Crippen molar-refractivity contribution in [3.63, 3.8) is 0 Å². The van der Waals surface area contributed by atoms with Crippen molar-refractivity contribution in [3.05, 3.63) is 59.7 Å². The van der Waals surface area contributed by atoms with Crippen LogP contribution in [0.1, 0.15) is 56.1 Å². The third-order valence-electron chi connectivity index (χ3n) is 6.38. The van der Waals surface area contributed by atoms with Crippen molar-refractivity contribution in [2.75, 3.05) is 25.4 Å². The minimum Gasteiger partial charge on any atom is -0.343 e. The number of rotatable bonds is 9. The number of carbonyl (C=O) groups is 2. The van der Waals surface area contributed by atoms with Crippen molar-refractivity contribution in [2.45, 2.75) is 44.9 Å². The number of sulfonamides is 1. The molecule has 0 unspecified atom stereocenters. The SMILES string of the molecule is CCCS(=O)(=O)N(CCCN1CCCC1=O)C(=O)CC1c2ccccc2-c2ccccc21. The highest BCUT2D eigenvalue weighted by molar-refractivity contribution is 7.89. The second kappa shape index (κ2) is 9.45. The van der Waals surface area contributed by atoms with E-state index in [1.807, 2.05) is 36.4 Å². The summed E-state index contributed by atoms with van der Waals surface area (Å²) < 4.78 is 27.0. The first kappa shape index (κ1) is 22.5. The zero-order valence-corrected chi connectivity index (χ0v) is 19.3. The number of hydrogen-bond acceptors (Lipinski definition) is 4. The van der Waals surface area contributed by atoms with E-state index in [0.717, 1.165) is 33.0 Å². The van der Waals surface area contributed by atoms with Crippen LogP contribution >= 0.6 is 0 Å². The highest BCUT2D eigenvalue weighted by atomic mass is 32.2. The van der Waals surface area contributed by atoms with E-state index in [4.69, 9.17) is 0 Å². The highest BCUT2D eigenvalue weighted by Crippen LogP contribution is 2.46. The van der Waals surface area contributed by atoms with Gasteiger partial charge in [-0.05, 0) is 41.5 Å². The molecule has 32 heavy (non-hydrogen) atoms. The molecule has 0 spiro atoms. The van der Waals surface area contributed by atoms with E-state index in [0.29, 0.717) is 32.4 Å². The molecule has 2 aromatic carbocycles. The predicted octanol–water partition coefficient (Wildman–Crippen LogP) is 3.77. The number of fused-ring (bicyclic) bond motifs is 3. The molecule has 1 saturated heterocycles. The van der Waals surface area contributed by atoms with E-state index in [-0.39, 0.29) is 36.5 Å². The Morgan fingerprint density at radius 3 is 2.25 bits per heavy atom. The summed E-state index contributed by atoms with van der Waals surface area (Å²) in [6.07, 6.45) is 2.41. The monoisotopic (exact) mass is 454 g/mol. The zero-order chi connectivity index (χ0) is 22.7. The standard InChI is InChI=1S/C25H30N2O4S/c1-2-17-32(30,31)27(16-8-15-26-14-7-13-24(26)28)25(29)18-23-21-11-5-3-9-19(21)20-10-4-6-12-22(20)23/h3-6,9-12,23H,2,7-8,13-18H2,1H3. The van der Waals surface area contributed by atoms with Gasteiger partial charge in [0, 0.05) is 38.4 Å². The molecular weight excluding hydrogens is 424 g/mol. The Hall–Kier alpha value is -2.67. The van der Waals surface area contributed by atoms with Crippen LogP contribution in [0.5, 0.6) is 0 Å². The van der Waals surface area contributed by atoms with Crippen molar-refractivity contribution in [2.24, 2.45) is 0 Å². The second-order valence-electron chi connectivity index (χ2n) is 8.55. The van der Waals surface area contributed by atoms with Gasteiger partial charge in [-0.15, -0.1) is 0 Å². The Bertz CT molecular complexity index is 1070. The summed E-state index contributed by atoms with van der Waals surface area (Å²) in [5, 5.41) is 0. The van der Waals surface area contributed by atoms with Gasteiger partial charge in [-0.1, -0.05) is 55.5 Å². The van der Waals surface area contributed by atoms with Crippen molar-refractivity contribution in [1.82, 2.24) is 9.21 Å². The largest absolute Gasteiger partial charge is 0.343 e. The molecule has 1 aliphatic carbocycles. The van der Waals surface area contributed by atoms with Gasteiger partial charge in [0.1, 0.15) is 0 Å². The van der Waals surface area contributed by atoms with E-state index >= 15 is 0 Å². The predicted molar refractivity (Wildman–Crippen MR) is 125 cm³/mol. The molecular formula is C25H30N2O4S. The van der Waals surface area contributed by atoms with Crippen LogP contribution in [0.2, 0.25) is 0 Å². The number of carbonyl (C=O) groups excluding carboxylic acids is 2. The third kappa shape index (κ3) is 4.44. The van der Waals surface area contributed by atoms with Crippen LogP contribution in [0, 0.1) is 0 Å². The summed E-state index contributed by atoms with van der Waals surface area (Å²) in [4.78, 5) is 27.0. The van der Waals surface area contributed by atoms with Crippen LogP contribution in [0.4, 0.5) is 0 Å². The van der Waals surface area contributed by atoms with Crippen molar-refractivity contribution >= 4 is 21.8 Å². The van der Waals surface area contributed by atoms with E-state index in [1.165, 1.54) is 0 Å². The first-order chi connectivity index (χ1) is 15.4. The molecule has 7 heteroatoms. The Kier molecular flexibility index (Phi) is 6.65. The third-order valence-corrected chi connectivity index (χ3v) is 8.36. The number of nitrogens with zero attached hydrogens (tertiary/aromatic N) is 2. The Balaban J connectivity index is 1.54. The maximum atomic E-state index is 13.4. The lowest BCUT2D eigenvalue weighted by Crippen LogP contribution is -2.41. The summed E-state index contributed by atoms with van der Waals surface area (Å²) in [6, 6.07) is 16.0. The second-order valence-corrected chi connectivity index (χ2v) is 10.6. The molecule has 1 fully saturated rings. The van der Waals surface area contributed by atoms with Crippen molar-refractivity contribution < 1.29 is 18.0 Å². The molecule has 2 amide bonds. The summed E-state index contributed by atoms with van der Waals surface area (Å²) in [5.74, 6) is -0.477. The van der Waals surface area contributed by atoms with Gasteiger partial charge in [0.25, 0.3) is 0 Å². The fraction of sp³-hybridized carbons (Fsp3) is 0.440. The normalized spacial score (nSPS) is 15.7. The van der Waals surface area contributed by atoms with Crippen LogP contribution in [0.25, 0.3) is 11.1 Å². The van der Waals surface area contributed by atoms with Crippen LogP contribution in [-0.2, 0) is 19.6 Å². The fourth-order valence-corrected chi connectivity index (χ4v) is 6.42. The molecule has 4 rings (SSSR count). The average Bonchev–Trinajstić information content (AvgIpc) is 3.32. The maximum Gasteiger partial charge on any atom is 0.237 e. The smallest absolute Gasteiger partial charge is 0.237 e. The average molecular weight is 455 g/mol. The lowest BCUT2D eigenvalue weighted by Gasteiger charge is -2.25. The summed E-state index contributed by atoms with van der Waals surface area (Å²) in [6.45, 7) is 3.11. The Morgan fingerprint density at radius 1 is 1.06 bits per heavy atom.